The summed E-state index contributed by atoms with van der Waals surface area (Å²) in [6, 6.07) is 7.55. The molecule has 2 aromatic rings. The van der Waals surface area contributed by atoms with E-state index in [1.165, 1.54) is 12.3 Å². The second-order valence-corrected chi connectivity index (χ2v) is 9.59. The normalized spacial score (nSPS) is 17.8. The lowest BCUT2D eigenvalue weighted by atomic mass is 9.92. The van der Waals surface area contributed by atoms with Crippen LogP contribution in [0, 0.1) is 4.91 Å². The van der Waals surface area contributed by atoms with Crippen LogP contribution in [0.15, 0.2) is 40.4 Å². The van der Waals surface area contributed by atoms with E-state index < -0.39 is 16.9 Å². The summed E-state index contributed by atoms with van der Waals surface area (Å²) in [5.74, 6) is -1.05. The molecule has 0 saturated carbocycles. The highest BCUT2D eigenvalue weighted by Crippen LogP contribution is 2.36. The number of hydrogen-bond acceptors (Lipinski definition) is 6. The van der Waals surface area contributed by atoms with Gasteiger partial charge in [0.2, 0.25) is 0 Å². The predicted molar refractivity (Wildman–Crippen MR) is 125 cm³/mol. The highest BCUT2D eigenvalue weighted by atomic mass is 16.6. The molecule has 1 fully saturated rings. The van der Waals surface area contributed by atoms with Crippen LogP contribution in [0.5, 0.6) is 0 Å². The number of piperazine rings is 1. The molecule has 33 heavy (non-hydrogen) atoms. The van der Waals surface area contributed by atoms with Gasteiger partial charge >= 0.3 is 12.0 Å². The van der Waals surface area contributed by atoms with Crippen LogP contribution in [-0.4, -0.2) is 53.2 Å². The van der Waals surface area contributed by atoms with Gasteiger partial charge in [-0.3, -0.25) is 9.59 Å². The van der Waals surface area contributed by atoms with E-state index in [2.05, 4.69) is 16.1 Å². The summed E-state index contributed by atoms with van der Waals surface area (Å²) < 4.78 is 7.34. The number of anilines is 1. The molecule has 0 N–H and O–H groups in total. The number of hydrogen-bond donors (Lipinski definition) is 0. The molecule has 2 aliphatic rings. The van der Waals surface area contributed by atoms with E-state index in [1.54, 1.807) is 4.90 Å². The van der Waals surface area contributed by atoms with Crippen LogP contribution in [0.25, 0.3) is 11.3 Å². The number of ether oxygens (including phenoxy) is 1. The van der Waals surface area contributed by atoms with E-state index in [0.29, 0.717) is 26.2 Å². The summed E-state index contributed by atoms with van der Waals surface area (Å²) in [6.45, 7) is 10.2. The van der Waals surface area contributed by atoms with Gasteiger partial charge in [0.15, 0.2) is 5.43 Å². The number of carbonyl (C=O) groups is 2. The Balaban J connectivity index is 1.55. The van der Waals surface area contributed by atoms with Crippen molar-refractivity contribution in [3.63, 3.8) is 0 Å². The first-order valence-corrected chi connectivity index (χ1v) is 11.1. The van der Waals surface area contributed by atoms with Crippen molar-refractivity contribution in [1.82, 2.24) is 9.47 Å². The van der Waals surface area contributed by atoms with E-state index in [9.17, 15) is 19.3 Å². The smallest absolute Gasteiger partial charge is 0.410 e. The number of nitrogens with zero attached hydrogens (tertiary/aromatic N) is 4. The molecule has 9 heteroatoms. The Morgan fingerprint density at radius 2 is 1.79 bits per heavy atom. The standard InChI is InChI=1S/C24H28N4O5/c1-15-11-16-12-17(26-7-9-27(10-8-26)23(31)33-24(2,3)4)5-6-18(16)20-13-21(29)19(14-28(15)20)22(30)25-32/h5-6,12-15H,7-11H2,1-4H3. The lowest BCUT2D eigenvalue weighted by Gasteiger charge is -2.37. The summed E-state index contributed by atoms with van der Waals surface area (Å²) in [7, 11) is 0. The molecule has 1 saturated heterocycles. The van der Waals surface area contributed by atoms with Gasteiger partial charge in [0, 0.05) is 60.9 Å². The van der Waals surface area contributed by atoms with Gasteiger partial charge in [0.1, 0.15) is 11.2 Å². The third-order valence-electron chi connectivity index (χ3n) is 6.04. The molecular weight excluding hydrogens is 424 g/mol. The molecule has 0 bridgehead atoms. The maximum absolute atomic E-state index is 12.4. The Hall–Kier alpha value is -3.49. The van der Waals surface area contributed by atoms with E-state index in [-0.39, 0.29) is 17.7 Å². The van der Waals surface area contributed by atoms with Crippen LogP contribution in [0.4, 0.5) is 10.5 Å². The van der Waals surface area contributed by atoms with Gasteiger partial charge in [0.05, 0.1) is 5.69 Å². The average Bonchev–Trinajstić information content (AvgIpc) is 2.77. The van der Waals surface area contributed by atoms with Gasteiger partial charge in [-0.15, -0.1) is 4.91 Å². The molecule has 9 nitrogen and oxygen atoms in total. The SMILES string of the molecule is CC1Cc2cc(N3CCN(C(=O)OC(C)(C)C)CC3)ccc2-c2cc(=O)c(C(=O)N=O)cn21. The molecule has 1 unspecified atom stereocenters. The number of aromatic nitrogens is 1. The number of carbonyl (C=O) groups excluding carboxylic acids is 2. The van der Waals surface area contributed by atoms with Crippen LogP contribution in [0.3, 0.4) is 0 Å². The van der Waals surface area contributed by atoms with Crippen molar-refractivity contribution in [2.45, 2.75) is 45.8 Å². The van der Waals surface area contributed by atoms with Crippen LogP contribution >= 0.6 is 0 Å². The zero-order valence-corrected chi connectivity index (χ0v) is 19.3. The summed E-state index contributed by atoms with van der Waals surface area (Å²) in [6.07, 6.45) is 1.88. The van der Waals surface area contributed by atoms with Crippen molar-refractivity contribution in [2.24, 2.45) is 5.18 Å². The lowest BCUT2D eigenvalue weighted by Crippen LogP contribution is -2.50. The first-order chi connectivity index (χ1) is 15.6. The quantitative estimate of drug-likeness (QED) is 0.646. The largest absolute Gasteiger partial charge is 0.444 e. The topological polar surface area (TPSA) is 101 Å². The molecule has 4 rings (SSSR count). The molecule has 0 spiro atoms. The van der Waals surface area contributed by atoms with Gasteiger partial charge in [0.25, 0.3) is 0 Å². The summed E-state index contributed by atoms with van der Waals surface area (Å²) in [4.78, 5) is 51.0. The Morgan fingerprint density at radius 3 is 2.42 bits per heavy atom. The second kappa shape index (κ2) is 8.46. The summed E-state index contributed by atoms with van der Waals surface area (Å²) >= 11 is 0. The maximum Gasteiger partial charge on any atom is 0.410 e. The number of amides is 2. The van der Waals surface area contributed by atoms with E-state index in [4.69, 9.17) is 4.74 Å². The highest BCUT2D eigenvalue weighted by Gasteiger charge is 2.28. The highest BCUT2D eigenvalue weighted by molar-refractivity contribution is 5.94. The molecular formula is C24H28N4O5. The monoisotopic (exact) mass is 452 g/mol. The fourth-order valence-corrected chi connectivity index (χ4v) is 4.43. The third-order valence-corrected chi connectivity index (χ3v) is 6.04. The van der Waals surface area contributed by atoms with Crippen LogP contribution in [-0.2, 0) is 11.2 Å². The average molecular weight is 453 g/mol. The first-order valence-electron chi connectivity index (χ1n) is 11.1. The Morgan fingerprint density at radius 1 is 1.09 bits per heavy atom. The number of rotatable bonds is 2. The molecule has 1 aromatic carbocycles. The van der Waals surface area contributed by atoms with E-state index in [1.807, 2.05) is 44.4 Å². The summed E-state index contributed by atoms with van der Waals surface area (Å²) in [5, 5.41) is 2.39. The fraction of sp³-hybridized carbons (Fsp3) is 0.458. The maximum atomic E-state index is 12.4. The minimum Gasteiger partial charge on any atom is -0.444 e. The zero-order chi connectivity index (χ0) is 23.9. The molecule has 2 amide bonds. The van der Waals surface area contributed by atoms with Crippen molar-refractivity contribution < 1.29 is 14.3 Å². The van der Waals surface area contributed by atoms with Crippen LogP contribution in [0.2, 0.25) is 0 Å². The fourth-order valence-electron chi connectivity index (χ4n) is 4.43. The Labute approximate surface area is 191 Å². The van der Waals surface area contributed by atoms with Crippen LogP contribution < -0.4 is 10.3 Å². The summed E-state index contributed by atoms with van der Waals surface area (Å²) in [5.41, 5.74) is 2.60. The van der Waals surface area contributed by atoms with Crippen molar-refractivity contribution in [2.75, 3.05) is 31.1 Å². The first kappa shape index (κ1) is 22.7. The van der Waals surface area contributed by atoms with Crippen molar-refractivity contribution in [1.29, 1.82) is 0 Å². The minimum atomic E-state index is -1.05. The molecule has 0 aliphatic carbocycles. The van der Waals surface area contributed by atoms with Crippen molar-refractivity contribution >= 4 is 17.7 Å². The second-order valence-electron chi connectivity index (χ2n) is 9.59. The Kier molecular flexibility index (Phi) is 5.82. The lowest BCUT2D eigenvalue weighted by molar-refractivity contribution is 0.0240. The number of fused-ring (bicyclic) bond motifs is 3. The molecule has 1 atom stereocenters. The van der Waals surface area contributed by atoms with Crippen molar-refractivity contribution in [3.8, 4) is 11.3 Å². The third kappa shape index (κ3) is 4.53. The minimum absolute atomic E-state index is 0.00516. The number of benzene rings is 1. The van der Waals surface area contributed by atoms with Gasteiger partial charge in [-0.25, -0.2) is 4.79 Å². The molecule has 2 aliphatic heterocycles. The van der Waals surface area contributed by atoms with E-state index in [0.717, 1.165) is 28.9 Å². The van der Waals surface area contributed by atoms with Gasteiger partial charge < -0.3 is 19.1 Å². The van der Waals surface area contributed by atoms with E-state index >= 15 is 0 Å². The number of nitroso groups, excluding NO2 is 1. The van der Waals surface area contributed by atoms with Gasteiger partial charge in [-0.2, -0.15) is 0 Å². The Bertz CT molecular complexity index is 1170. The van der Waals surface area contributed by atoms with Gasteiger partial charge in [-0.1, -0.05) is 6.07 Å². The predicted octanol–water partition coefficient (Wildman–Crippen LogP) is 3.60. The molecule has 174 valence electrons. The molecule has 3 heterocycles. The van der Waals surface area contributed by atoms with Gasteiger partial charge in [-0.05, 0) is 51.8 Å². The zero-order valence-electron chi connectivity index (χ0n) is 19.3. The van der Waals surface area contributed by atoms with Crippen molar-refractivity contribution in [3.05, 3.63) is 56.7 Å². The molecule has 1 aromatic heterocycles. The van der Waals surface area contributed by atoms with Crippen LogP contribution in [0.1, 0.15) is 49.7 Å². The molecule has 0 radical (unpaired) electrons. The number of pyridine rings is 1.